The van der Waals surface area contributed by atoms with Crippen LogP contribution in [-0.4, -0.2) is 104 Å². The van der Waals surface area contributed by atoms with Gasteiger partial charge in [-0.05, 0) is 73.6 Å². The van der Waals surface area contributed by atoms with Crippen LogP contribution in [0.1, 0.15) is 57.1 Å². The van der Waals surface area contributed by atoms with Gasteiger partial charge in [-0.1, -0.05) is 6.07 Å². The van der Waals surface area contributed by atoms with E-state index in [0.717, 1.165) is 81.6 Å². The van der Waals surface area contributed by atoms with Gasteiger partial charge in [0.05, 0.1) is 44.2 Å². The van der Waals surface area contributed by atoms with E-state index in [4.69, 9.17) is 24.0 Å². The van der Waals surface area contributed by atoms with E-state index in [0.29, 0.717) is 55.0 Å². The summed E-state index contributed by atoms with van der Waals surface area (Å²) in [4.78, 5) is 11.8. The van der Waals surface area contributed by atoms with E-state index in [9.17, 15) is 5.26 Å². The summed E-state index contributed by atoms with van der Waals surface area (Å²) in [5.41, 5.74) is 2.77. The van der Waals surface area contributed by atoms with E-state index in [1.807, 2.05) is 25.3 Å². The minimum atomic E-state index is -0.268. The highest BCUT2D eigenvalue weighted by atomic mass is 16.5. The molecule has 1 aliphatic heterocycles. The van der Waals surface area contributed by atoms with E-state index >= 15 is 0 Å². The highest BCUT2D eigenvalue weighted by Gasteiger charge is 2.29. The fourth-order valence-corrected chi connectivity index (χ4v) is 6.24. The molecule has 1 atom stereocenters. The molecule has 2 fully saturated rings. The molecule has 1 aromatic carbocycles. The number of methoxy groups -OCH3 is 1. The van der Waals surface area contributed by atoms with Crippen LogP contribution in [0.3, 0.4) is 0 Å². The molecular formula is C33H43N11O4. The summed E-state index contributed by atoms with van der Waals surface area (Å²) in [5.74, 6) is 1.44. The first-order chi connectivity index (χ1) is 23.6. The van der Waals surface area contributed by atoms with Crippen molar-refractivity contribution >= 4 is 11.6 Å². The smallest absolute Gasteiger partial charge is 0.256 e. The molecule has 0 unspecified atom stereocenters. The first-order valence-corrected chi connectivity index (χ1v) is 16.6. The van der Waals surface area contributed by atoms with Gasteiger partial charge < -0.3 is 24.3 Å². The van der Waals surface area contributed by atoms with Gasteiger partial charge in [-0.15, -0.1) is 10.2 Å². The van der Waals surface area contributed by atoms with Crippen molar-refractivity contribution in [1.82, 2.24) is 44.9 Å². The van der Waals surface area contributed by atoms with Crippen LogP contribution < -0.4 is 14.8 Å². The van der Waals surface area contributed by atoms with E-state index in [-0.39, 0.29) is 6.10 Å². The quantitative estimate of drug-likeness (QED) is 0.183. The monoisotopic (exact) mass is 657 g/mol. The molecule has 0 spiro atoms. The lowest BCUT2D eigenvalue weighted by Crippen LogP contribution is -2.45. The normalized spacial score (nSPS) is 19.0. The Bertz CT molecular complexity index is 1610. The van der Waals surface area contributed by atoms with Crippen LogP contribution in [0.5, 0.6) is 11.6 Å². The predicted octanol–water partition coefficient (Wildman–Crippen LogP) is 4.03. The molecule has 1 N–H and O–H groups in total. The number of nitriles is 1. The lowest BCUT2D eigenvalue weighted by Gasteiger charge is -2.38. The molecule has 1 saturated heterocycles. The van der Waals surface area contributed by atoms with Gasteiger partial charge in [-0.3, -0.25) is 9.58 Å². The Hall–Kier alpha value is -4.65. The summed E-state index contributed by atoms with van der Waals surface area (Å²) in [6.07, 6.45) is 13.0. The number of anilines is 2. The van der Waals surface area contributed by atoms with Crippen LogP contribution >= 0.6 is 0 Å². The number of hydrogen-bond acceptors (Lipinski definition) is 13. The molecule has 1 saturated carbocycles. The molecule has 4 heterocycles. The molecule has 0 bridgehead atoms. The number of ether oxygens (including phenoxy) is 4. The number of aromatic nitrogens is 8. The highest BCUT2D eigenvalue weighted by Crippen LogP contribution is 2.35. The number of rotatable bonds is 15. The number of morpholine rings is 1. The number of nitrogens with zero attached hydrogens (tertiary/aromatic N) is 10. The summed E-state index contributed by atoms with van der Waals surface area (Å²) in [6, 6.07) is 8.54. The van der Waals surface area contributed by atoms with E-state index < -0.39 is 0 Å². The molecule has 48 heavy (non-hydrogen) atoms. The van der Waals surface area contributed by atoms with Gasteiger partial charge in [-0.2, -0.15) is 5.26 Å². The molecule has 15 heteroatoms. The summed E-state index contributed by atoms with van der Waals surface area (Å²) in [5, 5.41) is 29.1. The van der Waals surface area contributed by atoms with Crippen LogP contribution in [0.25, 0.3) is 11.1 Å². The van der Waals surface area contributed by atoms with E-state index in [1.54, 1.807) is 30.3 Å². The molecule has 15 nitrogen and oxygen atoms in total. The third-order valence-electron chi connectivity index (χ3n) is 8.78. The zero-order valence-electron chi connectivity index (χ0n) is 27.6. The molecular weight excluding hydrogens is 614 g/mol. The van der Waals surface area contributed by atoms with Crippen molar-refractivity contribution < 1.29 is 18.9 Å². The third-order valence-corrected chi connectivity index (χ3v) is 8.78. The van der Waals surface area contributed by atoms with Crippen molar-refractivity contribution in [3.05, 3.63) is 48.7 Å². The van der Waals surface area contributed by atoms with Gasteiger partial charge in [0.1, 0.15) is 29.9 Å². The number of unbranched alkanes of at least 4 members (excludes halogenated alkanes) is 1. The lowest BCUT2D eigenvalue weighted by molar-refractivity contribution is 0.00503. The van der Waals surface area contributed by atoms with Crippen LogP contribution in [0.4, 0.5) is 11.6 Å². The van der Waals surface area contributed by atoms with Crippen molar-refractivity contribution in [3.63, 3.8) is 0 Å². The van der Waals surface area contributed by atoms with Gasteiger partial charge >= 0.3 is 0 Å². The maximum Gasteiger partial charge on any atom is 0.256 e. The molecule has 6 rings (SSSR count). The van der Waals surface area contributed by atoms with Gasteiger partial charge in [0.25, 0.3) is 5.88 Å². The second-order valence-electron chi connectivity index (χ2n) is 12.2. The van der Waals surface area contributed by atoms with Crippen molar-refractivity contribution in [3.8, 4) is 28.8 Å². The van der Waals surface area contributed by atoms with Crippen LogP contribution in [0.2, 0.25) is 0 Å². The average molecular weight is 658 g/mol. The largest absolute Gasteiger partial charge is 0.487 e. The van der Waals surface area contributed by atoms with Crippen LogP contribution in [0.15, 0.2) is 43.1 Å². The SMILES string of the molecule is COCCCCOc1nn([C@H]2CC[C@H](N3CCOCC3)CC2)cc1Nc1ncc(-c2ccc(C#N)c(O[C@@H](C)Cn3cnnn3)c2)cn1. The molecule has 0 radical (unpaired) electrons. The van der Waals surface area contributed by atoms with Gasteiger partial charge in [-0.25, -0.2) is 14.6 Å². The fraction of sp³-hybridized carbons (Fsp3) is 0.545. The number of tetrazole rings is 1. The van der Waals surface area contributed by atoms with Crippen molar-refractivity contribution in [2.24, 2.45) is 0 Å². The standard InChI is InChI=1S/C33H43N11O4/c1-24(21-43-23-37-40-41-43)48-31-17-25(5-6-26(31)18-34)27-19-35-33(36-20-27)38-30-22-44(39-32(30)47-14-4-3-13-45-2)29-9-7-28(8-10-29)42-11-15-46-16-12-42/h5-6,17,19-20,22-24,28-29H,3-4,7-16,21H2,1-2H3,(H,35,36,38)/t24-,28-,29-/m0/s1. The zero-order chi connectivity index (χ0) is 33.1. The predicted molar refractivity (Wildman–Crippen MR) is 176 cm³/mol. The molecule has 3 aromatic heterocycles. The first-order valence-electron chi connectivity index (χ1n) is 16.6. The average Bonchev–Trinajstić information content (AvgIpc) is 3.79. The minimum absolute atomic E-state index is 0.268. The van der Waals surface area contributed by atoms with Crippen molar-refractivity contribution in [1.29, 1.82) is 5.26 Å². The summed E-state index contributed by atoms with van der Waals surface area (Å²) < 4.78 is 26.6. The zero-order valence-corrected chi connectivity index (χ0v) is 27.6. The molecule has 1 aliphatic carbocycles. The maximum absolute atomic E-state index is 9.66. The Morgan fingerprint density at radius 2 is 1.81 bits per heavy atom. The molecule has 2 aliphatic rings. The summed E-state index contributed by atoms with van der Waals surface area (Å²) in [7, 11) is 1.71. The Kier molecular flexibility index (Phi) is 11.4. The first kappa shape index (κ1) is 33.3. The Morgan fingerprint density at radius 1 is 1.04 bits per heavy atom. The Labute approximate surface area is 280 Å². The molecule has 4 aromatic rings. The van der Waals surface area contributed by atoms with Gasteiger partial charge in [0, 0.05) is 50.8 Å². The Morgan fingerprint density at radius 3 is 2.54 bits per heavy atom. The van der Waals surface area contributed by atoms with Gasteiger partial charge in [0.2, 0.25) is 5.95 Å². The van der Waals surface area contributed by atoms with Gasteiger partial charge in [0.15, 0.2) is 0 Å². The second kappa shape index (κ2) is 16.4. The number of nitrogens with one attached hydrogen (secondary N) is 1. The van der Waals surface area contributed by atoms with Crippen molar-refractivity contribution in [2.45, 2.75) is 70.2 Å². The van der Waals surface area contributed by atoms with E-state index in [1.165, 1.54) is 6.33 Å². The maximum atomic E-state index is 9.66. The minimum Gasteiger partial charge on any atom is -0.487 e. The number of benzene rings is 1. The van der Waals surface area contributed by atoms with Crippen molar-refractivity contribution in [2.75, 3.05) is 51.9 Å². The summed E-state index contributed by atoms with van der Waals surface area (Å²) in [6.45, 7) is 7.27. The summed E-state index contributed by atoms with van der Waals surface area (Å²) >= 11 is 0. The molecule has 0 amide bonds. The third kappa shape index (κ3) is 8.62. The van der Waals surface area contributed by atoms with Crippen LogP contribution in [0, 0.1) is 11.3 Å². The second-order valence-corrected chi connectivity index (χ2v) is 12.2. The highest BCUT2D eigenvalue weighted by molar-refractivity contribution is 5.67. The molecule has 254 valence electrons. The van der Waals surface area contributed by atoms with E-state index in [2.05, 4.69) is 46.5 Å². The Balaban J connectivity index is 1.13. The topological polar surface area (TPSA) is 163 Å². The number of hydrogen-bond donors (Lipinski definition) is 1. The lowest BCUT2D eigenvalue weighted by atomic mass is 9.90. The van der Waals surface area contributed by atoms with Crippen LogP contribution in [-0.2, 0) is 16.0 Å². The fourth-order valence-electron chi connectivity index (χ4n) is 6.24.